The van der Waals surface area contributed by atoms with Crippen LogP contribution in [0.4, 0.5) is 0 Å². The fourth-order valence-corrected chi connectivity index (χ4v) is 4.75. The summed E-state index contributed by atoms with van der Waals surface area (Å²) in [6, 6.07) is 21.6. The van der Waals surface area contributed by atoms with Gasteiger partial charge >= 0.3 is 0 Å². The Bertz CT molecular complexity index is 1720. The van der Waals surface area contributed by atoms with Crippen LogP contribution in [0.1, 0.15) is 39.9 Å². The molecule has 9 heteroatoms. The Hall–Kier alpha value is -4.92. The first-order valence-corrected chi connectivity index (χ1v) is 12.0. The van der Waals surface area contributed by atoms with Crippen LogP contribution in [0, 0.1) is 13.8 Å². The van der Waals surface area contributed by atoms with E-state index >= 15 is 0 Å². The molecule has 0 saturated heterocycles. The van der Waals surface area contributed by atoms with Gasteiger partial charge in [0.05, 0.1) is 34.7 Å². The highest BCUT2D eigenvalue weighted by atomic mass is 16.5. The molecule has 0 aliphatic carbocycles. The molecule has 4 aromatic heterocycles. The third kappa shape index (κ3) is 3.55. The van der Waals surface area contributed by atoms with Crippen molar-refractivity contribution in [3.8, 4) is 23.2 Å². The van der Waals surface area contributed by atoms with Gasteiger partial charge in [-0.15, -0.1) is 5.10 Å². The second-order valence-electron chi connectivity index (χ2n) is 8.96. The summed E-state index contributed by atoms with van der Waals surface area (Å²) < 4.78 is 21.7. The SMILES string of the molecule is Cc1ccc(OCc2nc3c4c(ncn3n2)Oc2c(c(C)nn2-c2ccccc2)C4c2ccco2)cc1. The first-order chi connectivity index (χ1) is 18.2. The Kier molecular flexibility index (Phi) is 4.81. The largest absolute Gasteiger partial charge is 0.486 e. The van der Waals surface area contributed by atoms with Crippen LogP contribution in [-0.4, -0.2) is 29.4 Å². The van der Waals surface area contributed by atoms with Crippen molar-refractivity contribution >= 4 is 5.65 Å². The van der Waals surface area contributed by atoms with Crippen molar-refractivity contribution in [1.29, 1.82) is 0 Å². The Morgan fingerprint density at radius 3 is 2.54 bits per heavy atom. The number of hydrogen-bond donors (Lipinski definition) is 0. The summed E-state index contributed by atoms with van der Waals surface area (Å²) in [4.78, 5) is 9.43. The van der Waals surface area contributed by atoms with Gasteiger partial charge in [-0.25, -0.2) is 19.2 Å². The molecule has 0 saturated carbocycles. The lowest BCUT2D eigenvalue weighted by molar-refractivity contribution is 0.296. The molecule has 0 bridgehead atoms. The van der Waals surface area contributed by atoms with Gasteiger partial charge in [-0.2, -0.15) is 5.10 Å². The number of ether oxygens (including phenoxy) is 2. The van der Waals surface area contributed by atoms with E-state index in [-0.39, 0.29) is 12.5 Å². The molecule has 9 nitrogen and oxygen atoms in total. The number of aryl methyl sites for hydroxylation is 2. The summed E-state index contributed by atoms with van der Waals surface area (Å²) >= 11 is 0. The standard InChI is InChI=1S/C28H22N6O3/c1-17-10-12-20(13-11-17)36-15-22-30-26-25-24(21-9-6-14-35-21)23-18(2)31-34(19-7-4-3-5-8-19)28(23)37-27(25)29-16-33(26)32-22/h3-14,16,24H,15H2,1-2H3. The maximum absolute atomic E-state index is 6.41. The van der Waals surface area contributed by atoms with Crippen molar-refractivity contribution in [2.45, 2.75) is 26.4 Å². The predicted octanol–water partition coefficient (Wildman–Crippen LogP) is 5.38. The number of furan rings is 1. The van der Waals surface area contributed by atoms with Crippen LogP contribution in [0.2, 0.25) is 0 Å². The molecule has 1 atom stereocenters. The molecule has 1 aliphatic heterocycles. The molecule has 0 amide bonds. The smallest absolute Gasteiger partial charge is 0.230 e. The first kappa shape index (κ1) is 21.4. The van der Waals surface area contributed by atoms with Crippen molar-refractivity contribution in [3.63, 3.8) is 0 Å². The van der Waals surface area contributed by atoms with Crippen molar-refractivity contribution in [3.05, 3.63) is 113 Å². The van der Waals surface area contributed by atoms with E-state index in [1.165, 1.54) is 5.56 Å². The molecular formula is C28H22N6O3. The zero-order valence-electron chi connectivity index (χ0n) is 20.2. The number of benzene rings is 2. The summed E-state index contributed by atoms with van der Waals surface area (Å²) in [7, 11) is 0. The molecule has 1 aliphatic rings. The van der Waals surface area contributed by atoms with Crippen LogP contribution in [0.15, 0.2) is 83.7 Å². The molecule has 0 N–H and O–H groups in total. The quantitative estimate of drug-likeness (QED) is 0.320. The summed E-state index contributed by atoms with van der Waals surface area (Å²) in [6.07, 6.45) is 3.27. The van der Waals surface area contributed by atoms with Gasteiger partial charge in [0.15, 0.2) is 11.5 Å². The fraction of sp³-hybridized carbons (Fsp3) is 0.143. The monoisotopic (exact) mass is 490 g/mol. The number of aromatic nitrogens is 6. The predicted molar refractivity (Wildman–Crippen MR) is 134 cm³/mol. The van der Waals surface area contributed by atoms with E-state index in [1.807, 2.05) is 80.6 Å². The number of fused-ring (bicyclic) bond motifs is 4. The highest BCUT2D eigenvalue weighted by molar-refractivity contribution is 5.65. The number of para-hydroxylation sites is 1. The molecule has 7 rings (SSSR count). The summed E-state index contributed by atoms with van der Waals surface area (Å²) in [6.45, 7) is 4.24. The van der Waals surface area contributed by atoms with Crippen LogP contribution < -0.4 is 9.47 Å². The lowest BCUT2D eigenvalue weighted by atomic mass is 9.88. The Morgan fingerprint density at radius 2 is 1.76 bits per heavy atom. The average molecular weight is 491 g/mol. The van der Waals surface area contributed by atoms with Crippen LogP contribution >= 0.6 is 0 Å². The second-order valence-corrected chi connectivity index (χ2v) is 8.96. The summed E-state index contributed by atoms with van der Waals surface area (Å²) in [5, 5.41) is 9.43. The number of hydrogen-bond acceptors (Lipinski definition) is 7. The third-order valence-corrected chi connectivity index (χ3v) is 6.48. The van der Waals surface area contributed by atoms with E-state index < -0.39 is 0 Å². The topological polar surface area (TPSA) is 92.5 Å². The molecule has 37 heavy (non-hydrogen) atoms. The maximum atomic E-state index is 6.41. The molecule has 1 unspecified atom stereocenters. The van der Waals surface area contributed by atoms with E-state index in [9.17, 15) is 0 Å². The highest BCUT2D eigenvalue weighted by Crippen LogP contribution is 2.49. The van der Waals surface area contributed by atoms with E-state index in [0.717, 1.165) is 34.0 Å². The van der Waals surface area contributed by atoms with Crippen LogP contribution in [0.25, 0.3) is 11.3 Å². The van der Waals surface area contributed by atoms with Gasteiger partial charge in [-0.1, -0.05) is 35.9 Å². The van der Waals surface area contributed by atoms with Gasteiger partial charge in [-0.05, 0) is 50.2 Å². The van der Waals surface area contributed by atoms with Crippen LogP contribution in [0.3, 0.4) is 0 Å². The maximum Gasteiger partial charge on any atom is 0.230 e. The highest BCUT2D eigenvalue weighted by Gasteiger charge is 2.39. The normalized spacial score (nSPS) is 14.3. The van der Waals surface area contributed by atoms with E-state index in [2.05, 4.69) is 10.1 Å². The molecular weight excluding hydrogens is 468 g/mol. The van der Waals surface area contributed by atoms with Crippen LogP contribution in [-0.2, 0) is 6.61 Å². The first-order valence-electron chi connectivity index (χ1n) is 12.0. The van der Waals surface area contributed by atoms with Crippen molar-refractivity contribution in [2.24, 2.45) is 0 Å². The van der Waals surface area contributed by atoms with E-state index in [1.54, 1.807) is 21.8 Å². The molecule has 0 fully saturated rings. The zero-order chi connectivity index (χ0) is 24.9. The van der Waals surface area contributed by atoms with Crippen molar-refractivity contribution in [2.75, 3.05) is 0 Å². The molecule has 5 heterocycles. The van der Waals surface area contributed by atoms with Gasteiger partial charge in [0.25, 0.3) is 0 Å². The van der Waals surface area contributed by atoms with Gasteiger partial charge in [0.1, 0.15) is 24.4 Å². The van der Waals surface area contributed by atoms with E-state index in [0.29, 0.717) is 23.2 Å². The van der Waals surface area contributed by atoms with Crippen molar-refractivity contribution in [1.82, 2.24) is 29.4 Å². The lowest BCUT2D eigenvalue weighted by Crippen LogP contribution is -2.15. The Labute approximate surface area is 211 Å². The summed E-state index contributed by atoms with van der Waals surface area (Å²) in [5.41, 5.74) is 5.20. The van der Waals surface area contributed by atoms with Gasteiger partial charge in [-0.3, -0.25) is 0 Å². The molecule has 182 valence electrons. The molecule has 2 aromatic carbocycles. The molecule has 6 aromatic rings. The third-order valence-electron chi connectivity index (χ3n) is 6.48. The van der Waals surface area contributed by atoms with Gasteiger partial charge < -0.3 is 13.9 Å². The van der Waals surface area contributed by atoms with Crippen LogP contribution in [0.5, 0.6) is 17.5 Å². The lowest BCUT2D eigenvalue weighted by Gasteiger charge is -2.24. The second kappa shape index (κ2) is 8.34. The average Bonchev–Trinajstić information content (AvgIpc) is 3.67. The zero-order valence-corrected chi connectivity index (χ0v) is 20.2. The van der Waals surface area contributed by atoms with Gasteiger partial charge in [0, 0.05) is 0 Å². The Balaban J connectivity index is 1.34. The number of rotatable bonds is 5. The van der Waals surface area contributed by atoms with Crippen molar-refractivity contribution < 1.29 is 13.9 Å². The van der Waals surface area contributed by atoms with E-state index in [4.69, 9.17) is 24.0 Å². The molecule has 0 spiro atoms. The molecule has 0 radical (unpaired) electrons. The number of nitrogens with zero attached hydrogens (tertiary/aromatic N) is 6. The summed E-state index contributed by atoms with van der Waals surface area (Å²) in [5.74, 6) is 2.77. The fourth-order valence-electron chi connectivity index (χ4n) is 4.75. The minimum absolute atomic E-state index is 0.224. The minimum atomic E-state index is -0.322. The Morgan fingerprint density at radius 1 is 0.919 bits per heavy atom. The van der Waals surface area contributed by atoms with Gasteiger partial charge in [0.2, 0.25) is 11.8 Å². The minimum Gasteiger partial charge on any atom is -0.486 e.